The number of aromatic hydroxyl groups is 1. The molecule has 80 valence electrons. The van der Waals surface area contributed by atoms with Crippen molar-refractivity contribution in [3.8, 4) is 5.75 Å². The van der Waals surface area contributed by atoms with Crippen LogP contribution in [0.5, 0.6) is 5.75 Å². The number of rotatable bonds is 3. The zero-order chi connectivity index (χ0) is 11.4. The van der Waals surface area contributed by atoms with Gasteiger partial charge < -0.3 is 10.4 Å². The number of hydrogen-bond acceptors (Lipinski definition) is 2. The number of nitrogens with one attached hydrogen (secondary N) is 1. The van der Waals surface area contributed by atoms with Crippen LogP contribution in [0, 0.1) is 5.82 Å². The monoisotopic (exact) mass is 273 g/mol. The maximum absolute atomic E-state index is 12.8. The highest BCUT2D eigenvalue weighted by atomic mass is 79.9. The van der Waals surface area contributed by atoms with Gasteiger partial charge in [-0.15, -0.1) is 0 Å². The van der Waals surface area contributed by atoms with Gasteiger partial charge in [0.05, 0.1) is 0 Å². The minimum Gasteiger partial charge on any atom is -0.505 e. The third kappa shape index (κ3) is 3.06. The quantitative estimate of drug-likeness (QED) is 0.829. The molecule has 0 aliphatic rings. The van der Waals surface area contributed by atoms with Gasteiger partial charge in [0.1, 0.15) is 0 Å². The van der Waals surface area contributed by atoms with Crippen molar-refractivity contribution in [1.82, 2.24) is 5.32 Å². The highest BCUT2D eigenvalue weighted by Gasteiger charge is 2.07. The normalized spacial score (nSPS) is 9.73. The van der Waals surface area contributed by atoms with E-state index in [1.165, 1.54) is 6.07 Å². The molecule has 5 heteroatoms. The Labute approximate surface area is 94.7 Å². The molecule has 1 aromatic rings. The molecule has 0 heterocycles. The van der Waals surface area contributed by atoms with Gasteiger partial charge in [-0.05, 0) is 23.8 Å². The SMILES string of the molecule is C=CC(=O)NCc1cc(O)c(F)cc1Br. The second kappa shape index (κ2) is 4.93. The number of carbonyl (C=O) groups is 1. The van der Waals surface area contributed by atoms with Crippen molar-refractivity contribution in [3.05, 3.63) is 40.6 Å². The van der Waals surface area contributed by atoms with Gasteiger partial charge in [-0.25, -0.2) is 4.39 Å². The number of benzene rings is 1. The average molecular weight is 274 g/mol. The maximum atomic E-state index is 12.8. The van der Waals surface area contributed by atoms with Crippen LogP contribution >= 0.6 is 15.9 Å². The number of phenolic OH excluding ortho intramolecular Hbond substituents is 1. The third-order valence-corrected chi connectivity index (χ3v) is 2.49. The van der Waals surface area contributed by atoms with Gasteiger partial charge in [-0.1, -0.05) is 22.5 Å². The second-order valence-corrected chi connectivity index (χ2v) is 3.67. The first-order chi connectivity index (χ1) is 7.04. The summed E-state index contributed by atoms with van der Waals surface area (Å²) in [6.07, 6.45) is 1.14. The number of halogens is 2. The van der Waals surface area contributed by atoms with Crippen LogP contribution in [0.15, 0.2) is 29.3 Å². The first-order valence-electron chi connectivity index (χ1n) is 4.11. The van der Waals surface area contributed by atoms with Crippen molar-refractivity contribution in [1.29, 1.82) is 0 Å². The minimum absolute atomic E-state index is 0.194. The van der Waals surface area contributed by atoms with Crippen LogP contribution in [0.1, 0.15) is 5.56 Å². The summed E-state index contributed by atoms with van der Waals surface area (Å²) < 4.78 is 13.3. The highest BCUT2D eigenvalue weighted by Crippen LogP contribution is 2.25. The van der Waals surface area contributed by atoms with Crippen LogP contribution in [-0.2, 0) is 11.3 Å². The van der Waals surface area contributed by atoms with Crippen molar-refractivity contribution in [2.24, 2.45) is 0 Å². The Balaban J connectivity index is 2.81. The Bertz CT molecular complexity index is 407. The van der Waals surface area contributed by atoms with Crippen molar-refractivity contribution < 1.29 is 14.3 Å². The largest absolute Gasteiger partial charge is 0.505 e. The summed E-state index contributed by atoms with van der Waals surface area (Å²) >= 11 is 3.13. The molecule has 2 N–H and O–H groups in total. The maximum Gasteiger partial charge on any atom is 0.243 e. The van der Waals surface area contributed by atoms with Crippen molar-refractivity contribution >= 4 is 21.8 Å². The molecule has 0 radical (unpaired) electrons. The molecular formula is C10H9BrFNO2. The van der Waals surface area contributed by atoms with Crippen molar-refractivity contribution in [2.75, 3.05) is 0 Å². The van der Waals surface area contributed by atoms with E-state index in [0.717, 1.165) is 12.1 Å². The number of carbonyl (C=O) groups excluding carboxylic acids is 1. The molecule has 0 bridgehead atoms. The van der Waals surface area contributed by atoms with Gasteiger partial charge in [-0.2, -0.15) is 0 Å². The van der Waals surface area contributed by atoms with E-state index in [4.69, 9.17) is 5.11 Å². The summed E-state index contributed by atoms with van der Waals surface area (Å²) in [7, 11) is 0. The smallest absolute Gasteiger partial charge is 0.243 e. The summed E-state index contributed by atoms with van der Waals surface area (Å²) in [5.41, 5.74) is 0.587. The lowest BCUT2D eigenvalue weighted by Gasteiger charge is -2.06. The standard InChI is InChI=1S/C10H9BrFNO2/c1-2-10(15)13-5-6-3-9(14)8(12)4-7(6)11/h2-4,14H,1,5H2,(H,13,15). The van der Waals surface area contributed by atoms with E-state index >= 15 is 0 Å². The van der Waals surface area contributed by atoms with Gasteiger partial charge in [0.15, 0.2) is 11.6 Å². The molecule has 0 fully saturated rings. The van der Waals surface area contributed by atoms with E-state index in [0.29, 0.717) is 10.0 Å². The van der Waals surface area contributed by atoms with Crippen molar-refractivity contribution in [2.45, 2.75) is 6.54 Å². The number of amides is 1. The lowest BCUT2D eigenvalue weighted by Crippen LogP contribution is -2.20. The van der Waals surface area contributed by atoms with E-state index in [-0.39, 0.29) is 12.5 Å². The van der Waals surface area contributed by atoms with E-state index in [9.17, 15) is 9.18 Å². The molecule has 1 amide bonds. The molecule has 3 nitrogen and oxygen atoms in total. The highest BCUT2D eigenvalue weighted by molar-refractivity contribution is 9.10. The predicted molar refractivity (Wildman–Crippen MR) is 57.8 cm³/mol. The number of phenols is 1. The minimum atomic E-state index is -0.708. The molecule has 0 aromatic heterocycles. The molecule has 0 unspecified atom stereocenters. The summed E-state index contributed by atoms with van der Waals surface area (Å²) in [4.78, 5) is 10.9. The molecule has 0 aliphatic carbocycles. The lowest BCUT2D eigenvalue weighted by molar-refractivity contribution is -0.116. The van der Waals surface area contributed by atoms with Gasteiger partial charge in [0, 0.05) is 11.0 Å². The lowest BCUT2D eigenvalue weighted by atomic mass is 10.2. The number of hydrogen-bond donors (Lipinski definition) is 2. The van der Waals surface area contributed by atoms with E-state index in [1.54, 1.807) is 0 Å². The Morgan fingerprint density at radius 2 is 2.33 bits per heavy atom. The van der Waals surface area contributed by atoms with Crippen LogP contribution in [0.3, 0.4) is 0 Å². The van der Waals surface area contributed by atoms with Crippen LogP contribution in [-0.4, -0.2) is 11.0 Å². The van der Waals surface area contributed by atoms with Crippen LogP contribution in [0.4, 0.5) is 4.39 Å². The predicted octanol–water partition coefficient (Wildman–Crippen LogP) is 2.10. The summed E-state index contributed by atoms with van der Waals surface area (Å²) in [5, 5.41) is 11.6. The Morgan fingerprint density at radius 1 is 1.67 bits per heavy atom. The summed E-state index contributed by atoms with van der Waals surface area (Å²) in [5.74, 6) is -1.48. The zero-order valence-corrected chi connectivity index (χ0v) is 9.34. The fourth-order valence-electron chi connectivity index (χ4n) is 0.971. The zero-order valence-electron chi connectivity index (χ0n) is 7.76. The second-order valence-electron chi connectivity index (χ2n) is 2.82. The molecule has 0 spiro atoms. The molecule has 0 aliphatic heterocycles. The van der Waals surface area contributed by atoms with Crippen molar-refractivity contribution in [3.63, 3.8) is 0 Å². The first kappa shape index (κ1) is 11.7. The van der Waals surface area contributed by atoms with Crippen LogP contribution in [0.2, 0.25) is 0 Å². The topological polar surface area (TPSA) is 49.3 Å². The van der Waals surface area contributed by atoms with Gasteiger partial charge in [-0.3, -0.25) is 4.79 Å². The molecule has 0 saturated carbocycles. The molecular weight excluding hydrogens is 265 g/mol. The Morgan fingerprint density at radius 3 is 2.93 bits per heavy atom. The Kier molecular flexibility index (Phi) is 3.85. The first-order valence-corrected chi connectivity index (χ1v) is 4.91. The third-order valence-electron chi connectivity index (χ3n) is 1.75. The van der Waals surface area contributed by atoms with E-state index in [2.05, 4.69) is 27.8 Å². The van der Waals surface area contributed by atoms with Gasteiger partial charge >= 0.3 is 0 Å². The van der Waals surface area contributed by atoms with Gasteiger partial charge in [0.25, 0.3) is 0 Å². The summed E-state index contributed by atoms with van der Waals surface area (Å²) in [6.45, 7) is 3.49. The average Bonchev–Trinajstić information content (AvgIpc) is 2.21. The van der Waals surface area contributed by atoms with Crippen LogP contribution in [0.25, 0.3) is 0 Å². The van der Waals surface area contributed by atoms with Gasteiger partial charge in [0.2, 0.25) is 5.91 Å². The molecule has 15 heavy (non-hydrogen) atoms. The van der Waals surface area contributed by atoms with Crippen LogP contribution < -0.4 is 5.32 Å². The van der Waals surface area contributed by atoms with E-state index in [1.807, 2.05) is 0 Å². The summed E-state index contributed by atoms with van der Waals surface area (Å²) in [6, 6.07) is 2.40. The molecule has 0 atom stereocenters. The Hall–Kier alpha value is -1.36. The van der Waals surface area contributed by atoms with E-state index < -0.39 is 11.6 Å². The molecule has 1 rings (SSSR count). The molecule has 0 saturated heterocycles. The fraction of sp³-hybridized carbons (Fsp3) is 0.100. The fourth-order valence-corrected chi connectivity index (χ4v) is 1.43. The molecule has 1 aromatic carbocycles.